The number of rotatable bonds is 8. The first-order valence-corrected chi connectivity index (χ1v) is 12.8. The van der Waals surface area contributed by atoms with E-state index in [2.05, 4.69) is 38.5 Å². The van der Waals surface area contributed by atoms with Gasteiger partial charge in [-0.3, -0.25) is 9.59 Å². The van der Waals surface area contributed by atoms with E-state index in [-0.39, 0.29) is 17.9 Å². The second-order valence-electron chi connectivity index (χ2n) is 8.11. The van der Waals surface area contributed by atoms with E-state index in [9.17, 15) is 9.59 Å². The summed E-state index contributed by atoms with van der Waals surface area (Å²) in [5, 5.41) is 5.94. The Bertz CT molecular complexity index is 1360. The molecule has 0 saturated carbocycles. The predicted molar refractivity (Wildman–Crippen MR) is 140 cm³/mol. The number of carbonyl (C=O) groups is 1. The first-order valence-electron chi connectivity index (χ1n) is 11.0. The number of nitrogens with one attached hydrogen (secondary N) is 2. The standard InChI is InChI=1S/C26H26N4O2S2/c1-16-9-10-17(2)21(13-16)22-15-34-26(28-22)29-23(31)12-11-20-18(3)27-25(30-24(20)32)33-14-19-7-5-4-6-8-19/h4-10,13,15H,11-12,14H2,1-3H3,(H,27,30,32)(H,28,29,31). The highest BCUT2D eigenvalue weighted by atomic mass is 32.2. The zero-order valence-corrected chi connectivity index (χ0v) is 21.0. The normalized spacial score (nSPS) is 10.9. The van der Waals surface area contributed by atoms with Crippen molar-refractivity contribution in [2.45, 2.75) is 44.5 Å². The molecule has 0 atom stereocenters. The molecule has 34 heavy (non-hydrogen) atoms. The summed E-state index contributed by atoms with van der Waals surface area (Å²) in [6, 6.07) is 16.3. The van der Waals surface area contributed by atoms with E-state index < -0.39 is 0 Å². The molecule has 0 aliphatic heterocycles. The van der Waals surface area contributed by atoms with Crippen molar-refractivity contribution >= 4 is 34.1 Å². The van der Waals surface area contributed by atoms with Crippen LogP contribution in [0, 0.1) is 20.8 Å². The molecule has 0 aliphatic rings. The maximum absolute atomic E-state index is 12.6. The third-order valence-corrected chi connectivity index (χ3v) is 7.14. The van der Waals surface area contributed by atoms with Crippen molar-refractivity contribution in [2.24, 2.45) is 0 Å². The third-order valence-electron chi connectivity index (χ3n) is 5.44. The summed E-state index contributed by atoms with van der Waals surface area (Å²) in [5.41, 5.74) is 6.38. The summed E-state index contributed by atoms with van der Waals surface area (Å²) in [6.45, 7) is 5.91. The van der Waals surface area contributed by atoms with E-state index in [4.69, 9.17) is 0 Å². The summed E-state index contributed by atoms with van der Waals surface area (Å²) in [5.74, 6) is 0.547. The van der Waals surface area contributed by atoms with Gasteiger partial charge in [0.05, 0.1) is 5.69 Å². The fraction of sp³-hybridized carbons (Fsp3) is 0.231. The van der Waals surface area contributed by atoms with Crippen molar-refractivity contribution in [2.75, 3.05) is 5.32 Å². The van der Waals surface area contributed by atoms with E-state index >= 15 is 0 Å². The van der Waals surface area contributed by atoms with Crippen molar-refractivity contribution in [3.8, 4) is 11.3 Å². The minimum Gasteiger partial charge on any atom is -0.302 e. The predicted octanol–water partition coefficient (Wildman–Crippen LogP) is 5.68. The Labute approximate surface area is 206 Å². The number of benzene rings is 2. The molecule has 2 heterocycles. The highest BCUT2D eigenvalue weighted by Gasteiger charge is 2.13. The van der Waals surface area contributed by atoms with E-state index in [1.807, 2.05) is 56.5 Å². The number of thioether (sulfide) groups is 1. The van der Waals surface area contributed by atoms with Crippen LogP contribution in [0.15, 0.2) is 63.9 Å². The minimum atomic E-state index is -0.192. The SMILES string of the molecule is Cc1ccc(C)c(-c2csc(NC(=O)CCc3c(C)nc(SCc4ccccc4)[nH]c3=O)n2)c1. The fourth-order valence-electron chi connectivity index (χ4n) is 3.56. The van der Waals surface area contributed by atoms with Gasteiger partial charge in [-0.05, 0) is 44.4 Å². The van der Waals surface area contributed by atoms with Crippen LogP contribution in [-0.2, 0) is 17.0 Å². The quantitative estimate of drug-likeness (QED) is 0.245. The number of H-pyrrole nitrogens is 1. The van der Waals surface area contributed by atoms with Crippen LogP contribution < -0.4 is 10.9 Å². The number of thiazole rings is 1. The summed E-state index contributed by atoms with van der Waals surface area (Å²) in [6.07, 6.45) is 0.499. The van der Waals surface area contributed by atoms with Gasteiger partial charge in [0.1, 0.15) is 0 Å². The molecular weight excluding hydrogens is 464 g/mol. The van der Waals surface area contributed by atoms with E-state index in [1.54, 1.807) is 0 Å². The summed E-state index contributed by atoms with van der Waals surface area (Å²) in [4.78, 5) is 37.1. The minimum absolute atomic E-state index is 0.178. The molecule has 0 bridgehead atoms. The van der Waals surface area contributed by atoms with Crippen molar-refractivity contribution in [1.29, 1.82) is 0 Å². The van der Waals surface area contributed by atoms with Gasteiger partial charge in [0.25, 0.3) is 5.56 Å². The smallest absolute Gasteiger partial charge is 0.254 e. The lowest BCUT2D eigenvalue weighted by atomic mass is 10.0. The molecule has 0 fully saturated rings. The molecular formula is C26H26N4O2S2. The van der Waals surface area contributed by atoms with Gasteiger partial charge in [0.15, 0.2) is 10.3 Å². The Morgan fingerprint density at radius 1 is 1.09 bits per heavy atom. The molecule has 0 unspecified atom stereocenters. The fourth-order valence-corrected chi connectivity index (χ4v) is 5.15. The third kappa shape index (κ3) is 6.01. The van der Waals surface area contributed by atoms with Gasteiger partial charge < -0.3 is 10.3 Å². The lowest BCUT2D eigenvalue weighted by Crippen LogP contribution is -2.20. The summed E-state index contributed by atoms with van der Waals surface area (Å²) < 4.78 is 0. The number of anilines is 1. The Morgan fingerprint density at radius 3 is 2.65 bits per heavy atom. The zero-order chi connectivity index (χ0) is 24.1. The largest absolute Gasteiger partial charge is 0.302 e. The lowest BCUT2D eigenvalue weighted by Gasteiger charge is -2.07. The molecule has 4 rings (SSSR count). The topological polar surface area (TPSA) is 87.7 Å². The molecule has 2 aromatic carbocycles. The molecule has 2 N–H and O–H groups in total. The van der Waals surface area contributed by atoms with Crippen LogP contribution in [0.5, 0.6) is 0 Å². The van der Waals surface area contributed by atoms with Gasteiger partial charge in [0, 0.05) is 34.4 Å². The average molecular weight is 491 g/mol. The van der Waals surface area contributed by atoms with Gasteiger partial charge in [-0.25, -0.2) is 9.97 Å². The average Bonchev–Trinajstić information content (AvgIpc) is 3.27. The Kier molecular flexibility index (Phi) is 7.59. The number of hydrogen-bond donors (Lipinski definition) is 2. The number of amides is 1. The second kappa shape index (κ2) is 10.8. The maximum atomic E-state index is 12.6. The van der Waals surface area contributed by atoms with Gasteiger partial charge >= 0.3 is 0 Å². The Hall–Kier alpha value is -3.23. The van der Waals surface area contributed by atoms with Crippen LogP contribution in [0.3, 0.4) is 0 Å². The molecule has 174 valence electrons. The molecule has 1 amide bonds. The summed E-state index contributed by atoms with van der Waals surface area (Å²) >= 11 is 2.88. The number of hydrogen-bond acceptors (Lipinski definition) is 6. The molecule has 8 heteroatoms. The number of aromatic nitrogens is 3. The first kappa shape index (κ1) is 23.9. The number of aryl methyl sites for hydroxylation is 3. The van der Waals surface area contributed by atoms with Crippen LogP contribution in [-0.4, -0.2) is 20.9 Å². The number of aromatic amines is 1. The van der Waals surface area contributed by atoms with Gasteiger partial charge in [-0.1, -0.05) is 59.8 Å². The number of nitrogens with zero attached hydrogens (tertiary/aromatic N) is 2. The van der Waals surface area contributed by atoms with Gasteiger partial charge in [-0.15, -0.1) is 11.3 Å². The summed E-state index contributed by atoms with van der Waals surface area (Å²) in [7, 11) is 0. The second-order valence-corrected chi connectivity index (χ2v) is 9.94. The first-order chi connectivity index (χ1) is 16.4. The molecule has 0 spiro atoms. The highest BCUT2D eigenvalue weighted by molar-refractivity contribution is 7.98. The van der Waals surface area contributed by atoms with Crippen molar-refractivity contribution in [3.63, 3.8) is 0 Å². The van der Waals surface area contributed by atoms with Crippen LogP contribution in [0.2, 0.25) is 0 Å². The Morgan fingerprint density at radius 2 is 1.88 bits per heavy atom. The van der Waals surface area contributed by atoms with Crippen LogP contribution in [0.25, 0.3) is 11.3 Å². The van der Waals surface area contributed by atoms with Crippen LogP contribution in [0.1, 0.15) is 34.4 Å². The lowest BCUT2D eigenvalue weighted by molar-refractivity contribution is -0.116. The van der Waals surface area contributed by atoms with E-state index in [1.165, 1.54) is 23.1 Å². The van der Waals surface area contributed by atoms with E-state index in [0.29, 0.717) is 28.0 Å². The molecule has 4 aromatic rings. The molecule has 6 nitrogen and oxygen atoms in total. The molecule has 0 radical (unpaired) electrons. The monoisotopic (exact) mass is 490 g/mol. The van der Waals surface area contributed by atoms with Gasteiger partial charge in [0.2, 0.25) is 5.91 Å². The van der Waals surface area contributed by atoms with Gasteiger partial charge in [-0.2, -0.15) is 0 Å². The zero-order valence-electron chi connectivity index (χ0n) is 19.3. The number of carbonyl (C=O) groups excluding carboxylic acids is 1. The van der Waals surface area contributed by atoms with E-state index in [0.717, 1.165) is 33.7 Å². The van der Waals surface area contributed by atoms with Crippen molar-refractivity contribution in [1.82, 2.24) is 15.0 Å². The highest BCUT2D eigenvalue weighted by Crippen LogP contribution is 2.28. The van der Waals surface area contributed by atoms with Crippen LogP contribution in [0.4, 0.5) is 5.13 Å². The molecule has 0 saturated heterocycles. The van der Waals surface area contributed by atoms with Crippen molar-refractivity contribution < 1.29 is 4.79 Å². The Balaban J connectivity index is 1.35. The van der Waals surface area contributed by atoms with Crippen molar-refractivity contribution in [3.05, 3.63) is 92.2 Å². The maximum Gasteiger partial charge on any atom is 0.254 e. The molecule has 0 aliphatic carbocycles. The molecule has 2 aromatic heterocycles. The van der Waals surface area contributed by atoms with Crippen LogP contribution >= 0.6 is 23.1 Å².